The van der Waals surface area contributed by atoms with Gasteiger partial charge in [0.15, 0.2) is 0 Å². The van der Waals surface area contributed by atoms with Crippen molar-refractivity contribution < 1.29 is 3.07 Å². The molecule has 0 aliphatic heterocycles. The Hall–Kier alpha value is 0.759. The van der Waals surface area contributed by atoms with Gasteiger partial charge in [-0.15, -0.1) is 0 Å². The molecule has 0 heterocycles. The maximum absolute atomic E-state index is 5.53. The Kier molecular flexibility index (Phi) is 10.5. The molecule has 0 aromatic carbocycles. The van der Waals surface area contributed by atoms with Gasteiger partial charge in [0.05, 0.1) is 0 Å². The van der Waals surface area contributed by atoms with Crippen LogP contribution in [0, 0.1) is 0 Å². The summed E-state index contributed by atoms with van der Waals surface area (Å²) in [5.74, 6) is 0. The van der Waals surface area contributed by atoms with Crippen LogP contribution in [0.4, 0.5) is 0 Å². The van der Waals surface area contributed by atoms with E-state index in [0.717, 1.165) is 22.9 Å². The molecule has 0 fully saturated rings. The Morgan fingerprint density at radius 2 is 1.58 bits per heavy atom. The van der Waals surface area contributed by atoms with E-state index in [1.165, 1.54) is 44.9 Å². The van der Waals surface area contributed by atoms with Crippen LogP contribution in [0.15, 0.2) is 0 Å². The molecule has 0 aliphatic carbocycles. The van der Waals surface area contributed by atoms with Gasteiger partial charge in [0.25, 0.3) is 0 Å². The predicted octanol–water partition coefficient (Wildman–Crippen LogP) is 2.96. The molecule has 1 atom stereocenters. The van der Waals surface area contributed by atoms with E-state index in [1.807, 2.05) is 0 Å². The molecule has 0 spiro atoms. The van der Waals surface area contributed by atoms with Crippen molar-refractivity contribution in [1.29, 1.82) is 0 Å². The third-order valence-corrected chi connectivity index (χ3v) is 3.30. The first-order chi connectivity index (χ1) is 5.85. The van der Waals surface area contributed by atoms with E-state index in [9.17, 15) is 0 Å². The van der Waals surface area contributed by atoms with Crippen molar-refractivity contribution in [1.82, 2.24) is 0 Å². The molecular formula is C10H22OSn. The van der Waals surface area contributed by atoms with Crippen molar-refractivity contribution in [2.24, 2.45) is 0 Å². The van der Waals surface area contributed by atoms with E-state index < -0.39 is 0 Å². The molecule has 2 radical (unpaired) electrons. The zero-order chi connectivity index (χ0) is 9.23. The van der Waals surface area contributed by atoms with Crippen molar-refractivity contribution in [2.75, 3.05) is 0 Å². The van der Waals surface area contributed by atoms with Crippen LogP contribution in [0.25, 0.3) is 0 Å². The van der Waals surface area contributed by atoms with Crippen molar-refractivity contribution in [2.45, 2.75) is 64.9 Å². The van der Waals surface area contributed by atoms with Gasteiger partial charge >= 0.3 is 90.9 Å². The molecule has 0 N–H and O–H groups in total. The molecule has 72 valence electrons. The van der Waals surface area contributed by atoms with Crippen LogP contribution >= 0.6 is 0 Å². The molecule has 0 saturated heterocycles. The van der Waals surface area contributed by atoms with Gasteiger partial charge in [-0.1, -0.05) is 0 Å². The van der Waals surface area contributed by atoms with Crippen LogP contribution in [0.5, 0.6) is 0 Å². The normalized spacial score (nSPS) is 13.2. The predicted molar refractivity (Wildman–Crippen MR) is 55.7 cm³/mol. The summed E-state index contributed by atoms with van der Waals surface area (Å²) in [5.41, 5.74) is 0. The summed E-state index contributed by atoms with van der Waals surface area (Å²) in [6.45, 7) is 4.50. The SMILES string of the molecule is CCCCCC(CCCC)[O][SnH]. The van der Waals surface area contributed by atoms with Crippen molar-refractivity contribution >= 4 is 22.9 Å². The van der Waals surface area contributed by atoms with Gasteiger partial charge in [0.2, 0.25) is 0 Å². The van der Waals surface area contributed by atoms with Gasteiger partial charge in [-0.25, -0.2) is 0 Å². The van der Waals surface area contributed by atoms with Gasteiger partial charge in [0.1, 0.15) is 0 Å². The fourth-order valence-electron chi connectivity index (χ4n) is 1.33. The van der Waals surface area contributed by atoms with E-state index in [0.29, 0.717) is 6.10 Å². The molecule has 0 amide bonds. The van der Waals surface area contributed by atoms with Crippen LogP contribution in [0.3, 0.4) is 0 Å². The van der Waals surface area contributed by atoms with Crippen molar-refractivity contribution in [3.8, 4) is 0 Å². The van der Waals surface area contributed by atoms with Gasteiger partial charge in [0, 0.05) is 0 Å². The van der Waals surface area contributed by atoms with Crippen LogP contribution in [0.2, 0.25) is 0 Å². The van der Waals surface area contributed by atoms with E-state index in [-0.39, 0.29) is 0 Å². The topological polar surface area (TPSA) is 9.23 Å². The van der Waals surface area contributed by atoms with Crippen LogP contribution in [-0.4, -0.2) is 29.0 Å². The third kappa shape index (κ3) is 7.41. The van der Waals surface area contributed by atoms with Crippen LogP contribution in [0.1, 0.15) is 58.8 Å². The summed E-state index contributed by atoms with van der Waals surface area (Å²) in [6.07, 6.45) is 9.82. The van der Waals surface area contributed by atoms with Gasteiger partial charge in [-0.05, 0) is 0 Å². The zero-order valence-electron chi connectivity index (χ0n) is 8.51. The fourth-order valence-corrected chi connectivity index (χ4v) is 2.11. The molecule has 0 saturated carbocycles. The van der Waals surface area contributed by atoms with E-state index in [1.54, 1.807) is 0 Å². The summed E-state index contributed by atoms with van der Waals surface area (Å²) >= 11 is 0.967. The van der Waals surface area contributed by atoms with Crippen LogP contribution in [-0.2, 0) is 3.07 Å². The third-order valence-electron chi connectivity index (χ3n) is 2.20. The summed E-state index contributed by atoms with van der Waals surface area (Å²) in [7, 11) is 0. The Morgan fingerprint density at radius 3 is 2.08 bits per heavy atom. The Labute approximate surface area is 90.9 Å². The first-order valence-electron chi connectivity index (χ1n) is 5.20. The zero-order valence-corrected chi connectivity index (χ0v) is 11.8. The van der Waals surface area contributed by atoms with Gasteiger partial charge in [-0.2, -0.15) is 0 Å². The molecule has 0 bridgehead atoms. The minimum absolute atomic E-state index is 0.582. The van der Waals surface area contributed by atoms with Crippen LogP contribution < -0.4 is 0 Å². The molecule has 0 aromatic heterocycles. The monoisotopic (exact) mass is 278 g/mol. The first-order valence-corrected chi connectivity index (χ1v) is 6.55. The number of hydrogen-bond donors (Lipinski definition) is 0. The van der Waals surface area contributed by atoms with Crippen molar-refractivity contribution in [3.63, 3.8) is 0 Å². The number of hydrogen-bond acceptors (Lipinski definition) is 1. The molecular weight excluding hydrogens is 255 g/mol. The second-order valence-corrected chi connectivity index (χ2v) is 4.17. The Morgan fingerprint density at radius 1 is 1.00 bits per heavy atom. The average Bonchev–Trinajstić information content (AvgIpc) is 2.11. The average molecular weight is 277 g/mol. The minimum atomic E-state index is 0.582. The fraction of sp³-hybridized carbons (Fsp3) is 1.00. The maximum atomic E-state index is 5.53. The Balaban J connectivity index is 3.26. The summed E-state index contributed by atoms with van der Waals surface area (Å²) in [4.78, 5) is 0. The number of rotatable bonds is 8. The van der Waals surface area contributed by atoms with Crippen molar-refractivity contribution in [3.05, 3.63) is 0 Å². The number of unbranched alkanes of at least 4 members (excludes halogenated alkanes) is 3. The van der Waals surface area contributed by atoms with Gasteiger partial charge in [-0.3, -0.25) is 0 Å². The molecule has 1 nitrogen and oxygen atoms in total. The van der Waals surface area contributed by atoms with E-state index in [2.05, 4.69) is 13.8 Å². The molecule has 12 heavy (non-hydrogen) atoms. The van der Waals surface area contributed by atoms with E-state index >= 15 is 0 Å². The molecule has 0 rings (SSSR count). The first kappa shape index (κ1) is 12.8. The van der Waals surface area contributed by atoms with Gasteiger partial charge < -0.3 is 0 Å². The second-order valence-electron chi connectivity index (χ2n) is 3.40. The van der Waals surface area contributed by atoms with E-state index in [4.69, 9.17) is 3.07 Å². The summed E-state index contributed by atoms with van der Waals surface area (Å²) in [5, 5.41) is 0. The standard InChI is InChI=1S/C10H21O.Sn.H/c1-3-5-7-9-10(11)8-6-4-2;;/h10H,3-9H2,1-2H3;;/q-1;+1;. The Bertz CT molecular complexity index is 85.9. The molecule has 1 unspecified atom stereocenters. The molecule has 0 aromatic rings. The summed E-state index contributed by atoms with van der Waals surface area (Å²) < 4.78 is 5.53. The second kappa shape index (κ2) is 9.84. The summed E-state index contributed by atoms with van der Waals surface area (Å²) in [6, 6.07) is 0. The molecule has 0 aliphatic rings. The quantitative estimate of drug-likeness (QED) is 0.489. The molecule has 2 heteroatoms.